The number of ether oxygens (including phenoxy) is 1. The average Bonchev–Trinajstić information content (AvgIpc) is 2.99. The molecule has 0 saturated carbocycles. The van der Waals surface area contributed by atoms with Gasteiger partial charge in [0.05, 0.1) is 5.02 Å². The summed E-state index contributed by atoms with van der Waals surface area (Å²) in [6, 6.07) is 13.6. The molecule has 144 valence electrons. The van der Waals surface area contributed by atoms with Crippen molar-refractivity contribution in [3.05, 3.63) is 63.6 Å². The van der Waals surface area contributed by atoms with Crippen molar-refractivity contribution in [3.63, 3.8) is 0 Å². The first kappa shape index (κ1) is 21.3. The monoisotopic (exact) mass is 408 g/mol. The highest BCUT2D eigenvalue weighted by molar-refractivity contribution is 6.45. The zero-order valence-electron chi connectivity index (χ0n) is 15.1. The van der Waals surface area contributed by atoms with Crippen LogP contribution in [0, 0.1) is 5.92 Å². The van der Waals surface area contributed by atoms with Crippen LogP contribution in [0.3, 0.4) is 0 Å². The summed E-state index contributed by atoms with van der Waals surface area (Å²) in [6.45, 7) is 1.58. The largest absolute Gasteiger partial charge is 0.480 e. The number of carbonyl (C=O) groups is 2. The minimum absolute atomic E-state index is 0.0233. The summed E-state index contributed by atoms with van der Waals surface area (Å²) in [7, 11) is 0. The topological polar surface area (TPSA) is 63.6 Å². The molecule has 0 bridgehead atoms. The van der Waals surface area contributed by atoms with Crippen LogP contribution in [0.1, 0.15) is 42.1 Å². The predicted octanol–water partition coefficient (Wildman–Crippen LogP) is 5.69. The van der Waals surface area contributed by atoms with Gasteiger partial charge >= 0.3 is 5.97 Å². The average molecular weight is 409 g/mol. The van der Waals surface area contributed by atoms with Crippen molar-refractivity contribution < 1.29 is 19.4 Å². The third kappa shape index (κ3) is 5.72. The molecule has 0 radical (unpaired) electrons. The van der Waals surface area contributed by atoms with Crippen LogP contribution < -0.4 is 4.74 Å². The lowest BCUT2D eigenvalue weighted by Crippen LogP contribution is -2.10. The van der Waals surface area contributed by atoms with E-state index in [1.165, 1.54) is 0 Å². The van der Waals surface area contributed by atoms with E-state index < -0.39 is 12.6 Å². The molecule has 2 aromatic rings. The third-order valence-electron chi connectivity index (χ3n) is 4.26. The highest BCUT2D eigenvalue weighted by Crippen LogP contribution is 2.43. The predicted molar refractivity (Wildman–Crippen MR) is 107 cm³/mol. The number of rotatable bonds is 6. The highest BCUT2D eigenvalue weighted by Gasteiger charge is 2.34. The van der Waals surface area contributed by atoms with Crippen LogP contribution in [0.15, 0.2) is 42.5 Å². The van der Waals surface area contributed by atoms with Crippen LogP contribution in [-0.4, -0.2) is 23.5 Å². The van der Waals surface area contributed by atoms with Crippen LogP contribution in [0.2, 0.25) is 10.0 Å². The van der Waals surface area contributed by atoms with E-state index in [-0.39, 0.29) is 27.5 Å². The van der Waals surface area contributed by atoms with Crippen molar-refractivity contribution in [2.45, 2.75) is 32.6 Å². The van der Waals surface area contributed by atoms with Gasteiger partial charge in [-0.2, -0.15) is 0 Å². The molecule has 6 heteroatoms. The van der Waals surface area contributed by atoms with E-state index in [9.17, 15) is 9.59 Å². The molecule has 1 aliphatic carbocycles. The normalized spacial score (nSPS) is 14.9. The molecule has 0 fully saturated rings. The lowest BCUT2D eigenvalue weighted by atomic mass is 9.98. The van der Waals surface area contributed by atoms with Gasteiger partial charge in [0, 0.05) is 11.5 Å². The first-order valence-electron chi connectivity index (χ1n) is 8.85. The fourth-order valence-electron chi connectivity index (χ4n) is 2.96. The molecule has 1 atom stereocenters. The molecule has 0 saturated heterocycles. The summed E-state index contributed by atoms with van der Waals surface area (Å²) in [6.07, 6.45) is 3.44. The molecule has 2 aromatic carbocycles. The Morgan fingerprint density at radius 1 is 1.15 bits per heavy atom. The number of carbonyl (C=O) groups excluding carboxylic acids is 1. The van der Waals surface area contributed by atoms with Gasteiger partial charge in [-0.05, 0) is 24.5 Å². The van der Waals surface area contributed by atoms with Crippen LogP contribution in [0.5, 0.6) is 5.75 Å². The second-order valence-electron chi connectivity index (χ2n) is 6.28. The second-order valence-corrected chi connectivity index (χ2v) is 7.04. The molecule has 0 heterocycles. The molecule has 1 N–H and O–H groups in total. The Labute approximate surface area is 169 Å². The zero-order chi connectivity index (χ0) is 19.8. The fraction of sp³-hybridized carbons (Fsp3) is 0.333. The van der Waals surface area contributed by atoms with E-state index in [1.54, 1.807) is 6.07 Å². The van der Waals surface area contributed by atoms with E-state index in [4.69, 9.17) is 33.0 Å². The Bertz CT molecular complexity index is 764. The highest BCUT2D eigenvalue weighted by atomic mass is 35.5. The maximum atomic E-state index is 12.4. The Balaban J connectivity index is 0.000000369. The fourth-order valence-corrected chi connectivity index (χ4v) is 3.47. The van der Waals surface area contributed by atoms with Gasteiger partial charge in [0.1, 0.15) is 10.8 Å². The van der Waals surface area contributed by atoms with Crippen LogP contribution in [0.25, 0.3) is 0 Å². The first-order valence-corrected chi connectivity index (χ1v) is 9.61. The minimum atomic E-state index is -1.10. The molecule has 3 rings (SSSR count). The van der Waals surface area contributed by atoms with Gasteiger partial charge in [-0.15, -0.1) is 0 Å². The van der Waals surface area contributed by atoms with Crippen LogP contribution in [-0.2, 0) is 11.2 Å². The number of fused-ring (bicyclic) bond motifs is 1. The Hall–Kier alpha value is -2.04. The van der Waals surface area contributed by atoms with Gasteiger partial charge in [-0.25, -0.2) is 4.79 Å². The molecule has 27 heavy (non-hydrogen) atoms. The van der Waals surface area contributed by atoms with Crippen molar-refractivity contribution in [3.8, 4) is 5.75 Å². The Morgan fingerprint density at radius 2 is 1.74 bits per heavy atom. The Kier molecular flexibility index (Phi) is 8.14. The number of aliphatic carboxylic acids is 1. The smallest absolute Gasteiger partial charge is 0.341 e. The second kappa shape index (κ2) is 10.3. The SMILES string of the molecule is CCCCC1Cc2cc(OCC(=O)O)c(Cl)c(Cl)c2C1=O.c1ccccc1. The molecule has 0 spiro atoms. The number of carboxylic acid groups (broad SMARTS) is 1. The molecule has 0 amide bonds. The number of halogens is 2. The van der Waals surface area contributed by atoms with E-state index in [0.29, 0.717) is 12.0 Å². The number of hydrogen-bond acceptors (Lipinski definition) is 3. The maximum absolute atomic E-state index is 12.4. The van der Waals surface area contributed by atoms with Crippen LogP contribution >= 0.6 is 23.2 Å². The summed E-state index contributed by atoms with van der Waals surface area (Å²) >= 11 is 12.2. The number of Topliss-reactive ketones (excluding diaryl/α,β-unsaturated/α-hetero) is 1. The van der Waals surface area contributed by atoms with Gasteiger partial charge < -0.3 is 9.84 Å². The van der Waals surface area contributed by atoms with Crippen molar-refractivity contribution >= 4 is 35.0 Å². The van der Waals surface area contributed by atoms with Crippen molar-refractivity contribution in [1.29, 1.82) is 0 Å². The van der Waals surface area contributed by atoms with Gasteiger partial charge in [0.2, 0.25) is 0 Å². The molecule has 0 aliphatic heterocycles. The van der Waals surface area contributed by atoms with Crippen molar-refractivity contribution in [2.24, 2.45) is 5.92 Å². The number of ketones is 1. The minimum Gasteiger partial charge on any atom is -0.480 e. The standard InChI is InChI=1S/C15H16Cl2O4.C6H6/c1-2-3-4-8-5-9-6-10(21-7-11(18)19)13(16)14(17)12(9)15(8)20;1-2-4-6-5-3-1/h6,8H,2-5,7H2,1H3,(H,18,19);1-6H. The molecule has 0 aromatic heterocycles. The van der Waals surface area contributed by atoms with Gasteiger partial charge in [0.25, 0.3) is 0 Å². The first-order chi connectivity index (χ1) is 13.0. The summed E-state index contributed by atoms with van der Waals surface area (Å²) in [5.41, 5.74) is 1.25. The van der Waals surface area contributed by atoms with Gasteiger partial charge in [-0.1, -0.05) is 79.4 Å². The van der Waals surface area contributed by atoms with Crippen LogP contribution in [0.4, 0.5) is 0 Å². The maximum Gasteiger partial charge on any atom is 0.341 e. The number of unbranched alkanes of at least 4 members (excludes halogenated alkanes) is 1. The number of hydrogen-bond donors (Lipinski definition) is 1. The molecular formula is C21H22Cl2O4. The summed E-state index contributed by atoms with van der Waals surface area (Å²) < 4.78 is 5.13. The van der Waals surface area contributed by atoms with E-state index >= 15 is 0 Å². The van der Waals surface area contributed by atoms with Gasteiger partial charge in [0.15, 0.2) is 12.4 Å². The summed E-state index contributed by atoms with van der Waals surface area (Å²) in [5.74, 6) is -0.926. The summed E-state index contributed by atoms with van der Waals surface area (Å²) in [5, 5.41) is 8.92. The molecular weight excluding hydrogens is 387 g/mol. The number of benzene rings is 2. The lowest BCUT2D eigenvalue weighted by Gasteiger charge is -2.10. The third-order valence-corrected chi connectivity index (χ3v) is 5.11. The van der Waals surface area contributed by atoms with Crippen molar-refractivity contribution in [2.75, 3.05) is 6.61 Å². The van der Waals surface area contributed by atoms with E-state index in [2.05, 4.69) is 6.92 Å². The molecule has 1 unspecified atom stereocenters. The Morgan fingerprint density at radius 3 is 2.26 bits per heavy atom. The van der Waals surface area contributed by atoms with Gasteiger partial charge in [-0.3, -0.25) is 4.79 Å². The number of carboxylic acids is 1. The quantitative estimate of drug-likeness (QED) is 0.666. The van der Waals surface area contributed by atoms with E-state index in [1.807, 2.05) is 36.4 Å². The lowest BCUT2D eigenvalue weighted by molar-refractivity contribution is -0.139. The zero-order valence-corrected chi connectivity index (χ0v) is 16.6. The summed E-state index contributed by atoms with van der Waals surface area (Å²) in [4.78, 5) is 22.9. The van der Waals surface area contributed by atoms with E-state index in [0.717, 1.165) is 24.8 Å². The molecule has 1 aliphatic rings. The van der Waals surface area contributed by atoms with Crippen molar-refractivity contribution in [1.82, 2.24) is 0 Å². The molecule has 4 nitrogen and oxygen atoms in total.